The van der Waals surface area contributed by atoms with Crippen LogP contribution < -0.4 is 10.6 Å². The van der Waals surface area contributed by atoms with Gasteiger partial charge in [-0.1, -0.05) is 30.3 Å². The number of hydrogen-bond donors (Lipinski definition) is 2. The normalized spacial score (nSPS) is 10.8. The molecule has 0 radical (unpaired) electrons. The Morgan fingerprint density at radius 2 is 1.80 bits per heavy atom. The lowest BCUT2D eigenvalue weighted by atomic mass is 10.1. The lowest BCUT2D eigenvalue weighted by Gasteiger charge is -2.11. The van der Waals surface area contributed by atoms with Gasteiger partial charge < -0.3 is 19.8 Å². The second-order valence-corrected chi connectivity index (χ2v) is 7.32. The van der Waals surface area contributed by atoms with Crippen molar-refractivity contribution in [3.63, 3.8) is 0 Å². The summed E-state index contributed by atoms with van der Waals surface area (Å²) in [6, 6.07) is 16.4. The first-order valence-corrected chi connectivity index (χ1v) is 9.85. The molecule has 6 nitrogen and oxygen atoms in total. The molecule has 0 aliphatic carbocycles. The molecular formula is C24H26N2O4. The van der Waals surface area contributed by atoms with Crippen LogP contribution in [0.3, 0.4) is 0 Å². The Balaban J connectivity index is 1.63. The van der Waals surface area contributed by atoms with Gasteiger partial charge in [0.05, 0.1) is 19.0 Å². The van der Waals surface area contributed by atoms with E-state index in [9.17, 15) is 9.59 Å². The van der Waals surface area contributed by atoms with Crippen LogP contribution in [0.5, 0.6) is 0 Å². The SMILES string of the molecule is Cc1ccc(C(=O)NCc2cccc(COC(C)C)c2)cc1NC(=O)c1ccco1. The second kappa shape index (κ2) is 9.89. The van der Waals surface area contributed by atoms with Crippen LogP contribution in [0.2, 0.25) is 0 Å². The highest BCUT2D eigenvalue weighted by atomic mass is 16.5. The van der Waals surface area contributed by atoms with Crippen molar-refractivity contribution in [2.24, 2.45) is 0 Å². The maximum absolute atomic E-state index is 12.6. The van der Waals surface area contributed by atoms with E-state index in [1.54, 1.807) is 30.3 Å². The molecule has 2 amide bonds. The molecule has 0 spiro atoms. The van der Waals surface area contributed by atoms with Gasteiger partial charge in [0.2, 0.25) is 0 Å². The van der Waals surface area contributed by atoms with Crippen LogP contribution in [-0.2, 0) is 17.9 Å². The number of anilines is 1. The fourth-order valence-electron chi connectivity index (χ4n) is 2.87. The van der Waals surface area contributed by atoms with Crippen LogP contribution in [0, 0.1) is 6.92 Å². The standard InChI is InChI=1S/C24H26N2O4/c1-16(2)30-15-19-7-4-6-18(12-19)14-25-23(27)20-10-9-17(3)21(13-20)26-24(28)22-8-5-11-29-22/h4-13,16H,14-15H2,1-3H3,(H,25,27)(H,26,28). The molecule has 156 valence electrons. The molecule has 0 bridgehead atoms. The van der Waals surface area contributed by atoms with E-state index >= 15 is 0 Å². The summed E-state index contributed by atoms with van der Waals surface area (Å²) in [7, 11) is 0. The first kappa shape index (κ1) is 21.3. The molecule has 0 atom stereocenters. The number of benzene rings is 2. The zero-order valence-electron chi connectivity index (χ0n) is 17.4. The third-order valence-corrected chi connectivity index (χ3v) is 4.52. The Hall–Kier alpha value is -3.38. The minimum absolute atomic E-state index is 0.164. The number of aryl methyl sites for hydroxylation is 1. The highest BCUT2D eigenvalue weighted by Crippen LogP contribution is 2.18. The molecule has 6 heteroatoms. The topological polar surface area (TPSA) is 80.6 Å². The van der Waals surface area contributed by atoms with Crippen LogP contribution in [0.4, 0.5) is 5.69 Å². The summed E-state index contributed by atoms with van der Waals surface area (Å²) >= 11 is 0. The van der Waals surface area contributed by atoms with Crippen LogP contribution in [0.1, 0.15) is 51.5 Å². The molecule has 1 heterocycles. The Kier molecular flexibility index (Phi) is 7.03. The largest absolute Gasteiger partial charge is 0.459 e. The quantitative estimate of drug-likeness (QED) is 0.568. The lowest BCUT2D eigenvalue weighted by molar-refractivity contribution is 0.0657. The first-order valence-electron chi connectivity index (χ1n) is 9.85. The van der Waals surface area contributed by atoms with Gasteiger partial charge in [0, 0.05) is 17.8 Å². The Morgan fingerprint density at radius 1 is 1.00 bits per heavy atom. The van der Waals surface area contributed by atoms with Crippen molar-refractivity contribution in [1.29, 1.82) is 0 Å². The molecule has 2 aromatic carbocycles. The van der Waals surface area contributed by atoms with E-state index in [1.807, 2.05) is 45.0 Å². The molecule has 3 rings (SSSR count). The van der Waals surface area contributed by atoms with E-state index < -0.39 is 0 Å². The zero-order valence-corrected chi connectivity index (χ0v) is 17.4. The van der Waals surface area contributed by atoms with E-state index in [2.05, 4.69) is 10.6 Å². The molecule has 0 unspecified atom stereocenters. The van der Waals surface area contributed by atoms with Crippen LogP contribution in [0.15, 0.2) is 65.3 Å². The zero-order chi connectivity index (χ0) is 21.5. The average Bonchev–Trinajstić information content (AvgIpc) is 3.27. The Bertz CT molecular complexity index is 1010. The van der Waals surface area contributed by atoms with Gasteiger partial charge in [0.1, 0.15) is 0 Å². The minimum Gasteiger partial charge on any atom is -0.459 e. The Labute approximate surface area is 176 Å². The first-order chi connectivity index (χ1) is 14.4. The number of rotatable bonds is 8. The number of carbonyl (C=O) groups is 2. The maximum Gasteiger partial charge on any atom is 0.291 e. The fourth-order valence-corrected chi connectivity index (χ4v) is 2.87. The maximum atomic E-state index is 12.6. The number of carbonyl (C=O) groups excluding carboxylic acids is 2. The number of hydrogen-bond acceptors (Lipinski definition) is 4. The van der Waals surface area contributed by atoms with Gasteiger partial charge in [0.15, 0.2) is 5.76 Å². The van der Waals surface area contributed by atoms with E-state index in [1.165, 1.54) is 6.26 Å². The molecule has 1 aromatic heterocycles. The summed E-state index contributed by atoms with van der Waals surface area (Å²) in [5, 5.41) is 5.71. The third-order valence-electron chi connectivity index (χ3n) is 4.52. The lowest BCUT2D eigenvalue weighted by Crippen LogP contribution is -2.23. The highest BCUT2D eigenvalue weighted by molar-refractivity contribution is 6.03. The number of nitrogens with one attached hydrogen (secondary N) is 2. The van der Waals surface area contributed by atoms with Crippen molar-refractivity contribution in [2.75, 3.05) is 5.32 Å². The number of furan rings is 1. The van der Waals surface area contributed by atoms with Gasteiger partial charge in [-0.3, -0.25) is 9.59 Å². The summed E-state index contributed by atoms with van der Waals surface area (Å²) in [5.41, 5.74) is 3.94. The van der Waals surface area contributed by atoms with E-state index in [-0.39, 0.29) is 23.7 Å². The second-order valence-electron chi connectivity index (χ2n) is 7.32. The number of ether oxygens (including phenoxy) is 1. The average molecular weight is 406 g/mol. The third kappa shape index (κ3) is 5.81. The molecular weight excluding hydrogens is 380 g/mol. The number of amides is 2. The smallest absolute Gasteiger partial charge is 0.291 e. The van der Waals surface area contributed by atoms with E-state index in [0.29, 0.717) is 24.4 Å². The summed E-state index contributed by atoms with van der Waals surface area (Å²) < 4.78 is 10.7. The summed E-state index contributed by atoms with van der Waals surface area (Å²) in [5.74, 6) is -0.362. The predicted octanol–water partition coefficient (Wildman–Crippen LogP) is 4.70. The van der Waals surface area contributed by atoms with Gasteiger partial charge in [-0.15, -0.1) is 0 Å². The van der Waals surface area contributed by atoms with Crippen molar-refractivity contribution in [1.82, 2.24) is 5.32 Å². The van der Waals surface area contributed by atoms with Crippen molar-refractivity contribution in [2.45, 2.75) is 40.0 Å². The van der Waals surface area contributed by atoms with Gasteiger partial charge in [-0.2, -0.15) is 0 Å². The minimum atomic E-state index is -0.360. The van der Waals surface area contributed by atoms with Gasteiger partial charge in [-0.05, 0) is 61.7 Å². The summed E-state index contributed by atoms with van der Waals surface area (Å²) in [6.07, 6.45) is 1.60. The van der Waals surface area contributed by atoms with Gasteiger partial charge in [-0.25, -0.2) is 0 Å². The molecule has 0 aliphatic heterocycles. The van der Waals surface area contributed by atoms with E-state index in [4.69, 9.17) is 9.15 Å². The van der Waals surface area contributed by atoms with Crippen LogP contribution in [-0.4, -0.2) is 17.9 Å². The van der Waals surface area contributed by atoms with Gasteiger partial charge >= 0.3 is 0 Å². The van der Waals surface area contributed by atoms with Gasteiger partial charge in [0.25, 0.3) is 11.8 Å². The molecule has 0 saturated carbocycles. The van der Waals surface area contributed by atoms with Crippen LogP contribution in [0.25, 0.3) is 0 Å². The van der Waals surface area contributed by atoms with Crippen molar-refractivity contribution in [3.8, 4) is 0 Å². The molecule has 0 fully saturated rings. The summed E-state index contributed by atoms with van der Waals surface area (Å²) in [6.45, 7) is 6.80. The molecule has 30 heavy (non-hydrogen) atoms. The predicted molar refractivity (Wildman–Crippen MR) is 115 cm³/mol. The molecule has 2 N–H and O–H groups in total. The monoisotopic (exact) mass is 406 g/mol. The molecule has 0 aliphatic rings. The fraction of sp³-hybridized carbons (Fsp3) is 0.250. The van der Waals surface area contributed by atoms with Crippen molar-refractivity contribution < 1.29 is 18.7 Å². The molecule has 3 aromatic rings. The summed E-state index contributed by atoms with van der Waals surface area (Å²) in [4.78, 5) is 24.9. The van der Waals surface area contributed by atoms with Crippen molar-refractivity contribution in [3.05, 3.63) is 88.9 Å². The Morgan fingerprint density at radius 3 is 2.53 bits per heavy atom. The molecule has 0 saturated heterocycles. The van der Waals surface area contributed by atoms with Crippen LogP contribution >= 0.6 is 0 Å². The highest BCUT2D eigenvalue weighted by Gasteiger charge is 2.13. The van der Waals surface area contributed by atoms with Crippen molar-refractivity contribution >= 4 is 17.5 Å². The van der Waals surface area contributed by atoms with E-state index in [0.717, 1.165) is 16.7 Å².